The summed E-state index contributed by atoms with van der Waals surface area (Å²) in [7, 11) is 0. The molecule has 1 unspecified atom stereocenters. The lowest BCUT2D eigenvalue weighted by molar-refractivity contribution is 0.726. The van der Waals surface area contributed by atoms with Crippen LogP contribution in [0.2, 0.25) is 0 Å². The van der Waals surface area contributed by atoms with Crippen LogP contribution in [0.1, 0.15) is 22.0 Å². The zero-order valence-corrected chi connectivity index (χ0v) is 11.5. The van der Waals surface area contributed by atoms with Crippen LogP contribution in [0.5, 0.6) is 0 Å². The van der Waals surface area contributed by atoms with Gasteiger partial charge in [-0.1, -0.05) is 39.7 Å². The second kappa shape index (κ2) is 5.13. The predicted molar refractivity (Wildman–Crippen MR) is 73.8 cm³/mol. The van der Waals surface area contributed by atoms with Crippen LogP contribution >= 0.6 is 27.3 Å². The smallest absolute Gasteiger partial charge is 0.0355 e. The second-order valence-electron chi connectivity index (χ2n) is 3.91. The number of rotatable bonds is 3. The highest BCUT2D eigenvalue weighted by atomic mass is 79.9. The van der Waals surface area contributed by atoms with Crippen LogP contribution < -0.4 is 5.73 Å². The first kappa shape index (κ1) is 11.8. The van der Waals surface area contributed by atoms with Crippen molar-refractivity contribution in [3.63, 3.8) is 0 Å². The van der Waals surface area contributed by atoms with Crippen molar-refractivity contribution in [1.82, 2.24) is 0 Å². The normalized spacial score (nSPS) is 12.7. The largest absolute Gasteiger partial charge is 0.324 e. The molecule has 1 aromatic carbocycles. The molecule has 0 saturated heterocycles. The average Bonchev–Trinajstić information content (AvgIpc) is 2.74. The minimum Gasteiger partial charge on any atom is -0.324 e. The molecule has 0 saturated carbocycles. The molecule has 1 nitrogen and oxygen atoms in total. The van der Waals surface area contributed by atoms with E-state index in [4.69, 9.17) is 5.73 Å². The van der Waals surface area contributed by atoms with Gasteiger partial charge in [-0.15, -0.1) is 11.3 Å². The van der Waals surface area contributed by atoms with Gasteiger partial charge in [-0.3, -0.25) is 0 Å². The molecule has 0 spiro atoms. The van der Waals surface area contributed by atoms with Gasteiger partial charge in [0, 0.05) is 21.8 Å². The van der Waals surface area contributed by atoms with Gasteiger partial charge in [-0.05, 0) is 30.0 Å². The third kappa shape index (κ3) is 2.73. The molecule has 1 aromatic heterocycles. The summed E-state index contributed by atoms with van der Waals surface area (Å²) >= 11 is 5.32. The van der Waals surface area contributed by atoms with Gasteiger partial charge >= 0.3 is 0 Å². The Morgan fingerprint density at radius 2 is 2.19 bits per heavy atom. The molecule has 1 atom stereocenters. The highest BCUT2D eigenvalue weighted by Gasteiger charge is 2.11. The summed E-state index contributed by atoms with van der Waals surface area (Å²) in [5, 5.41) is 2.09. The van der Waals surface area contributed by atoms with E-state index in [0.717, 1.165) is 10.9 Å². The molecule has 0 aliphatic rings. The Balaban J connectivity index is 2.20. The lowest BCUT2D eigenvalue weighted by atomic mass is 10.0. The Labute approximate surface area is 108 Å². The summed E-state index contributed by atoms with van der Waals surface area (Å²) in [6, 6.07) is 10.6. The van der Waals surface area contributed by atoms with Crippen molar-refractivity contribution < 1.29 is 0 Å². The number of nitrogens with two attached hydrogens (primary N) is 1. The summed E-state index contributed by atoms with van der Waals surface area (Å²) in [5.41, 5.74) is 8.67. The number of hydrogen-bond donors (Lipinski definition) is 1. The quantitative estimate of drug-likeness (QED) is 0.908. The number of halogens is 1. The lowest BCUT2D eigenvalue weighted by Crippen LogP contribution is -2.13. The zero-order chi connectivity index (χ0) is 11.5. The van der Waals surface area contributed by atoms with Gasteiger partial charge in [0.1, 0.15) is 0 Å². The first-order chi connectivity index (χ1) is 7.66. The van der Waals surface area contributed by atoms with E-state index in [-0.39, 0.29) is 6.04 Å². The second-order valence-corrected chi connectivity index (χ2v) is 5.80. The Morgan fingerprint density at radius 1 is 1.38 bits per heavy atom. The van der Waals surface area contributed by atoms with Gasteiger partial charge in [0.05, 0.1) is 0 Å². The maximum Gasteiger partial charge on any atom is 0.0355 e. The SMILES string of the molecule is Cc1ccc(Br)c(C(N)Cc2cccs2)c1. The summed E-state index contributed by atoms with van der Waals surface area (Å²) < 4.78 is 1.10. The highest BCUT2D eigenvalue weighted by molar-refractivity contribution is 9.10. The van der Waals surface area contributed by atoms with Gasteiger partial charge in [-0.25, -0.2) is 0 Å². The van der Waals surface area contributed by atoms with Gasteiger partial charge < -0.3 is 5.73 Å². The van der Waals surface area contributed by atoms with Gasteiger partial charge in [0.25, 0.3) is 0 Å². The van der Waals surface area contributed by atoms with Crippen molar-refractivity contribution in [2.45, 2.75) is 19.4 Å². The van der Waals surface area contributed by atoms with E-state index >= 15 is 0 Å². The molecular formula is C13H14BrNS. The van der Waals surface area contributed by atoms with Gasteiger partial charge in [-0.2, -0.15) is 0 Å². The number of benzene rings is 1. The Morgan fingerprint density at radius 3 is 2.88 bits per heavy atom. The topological polar surface area (TPSA) is 26.0 Å². The van der Waals surface area contributed by atoms with Gasteiger partial charge in [0.15, 0.2) is 0 Å². The van der Waals surface area contributed by atoms with E-state index in [2.05, 4.69) is 58.6 Å². The summed E-state index contributed by atoms with van der Waals surface area (Å²) in [4.78, 5) is 1.33. The Bertz CT molecular complexity index is 465. The fourth-order valence-electron chi connectivity index (χ4n) is 1.70. The van der Waals surface area contributed by atoms with Crippen molar-refractivity contribution in [3.05, 3.63) is 56.2 Å². The molecule has 0 bridgehead atoms. The van der Waals surface area contributed by atoms with Crippen LogP contribution in [-0.2, 0) is 6.42 Å². The van der Waals surface area contributed by atoms with E-state index in [1.807, 2.05) is 0 Å². The molecule has 2 rings (SSSR count). The van der Waals surface area contributed by atoms with E-state index in [1.54, 1.807) is 11.3 Å². The molecule has 84 valence electrons. The van der Waals surface area contributed by atoms with E-state index in [1.165, 1.54) is 16.0 Å². The van der Waals surface area contributed by atoms with Crippen LogP contribution in [0.25, 0.3) is 0 Å². The third-order valence-corrected chi connectivity index (χ3v) is 4.17. The molecule has 2 aromatic rings. The van der Waals surface area contributed by atoms with Crippen LogP contribution in [0.4, 0.5) is 0 Å². The third-order valence-electron chi connectivity index (χ3n) is 2.55. The van der Waals surface area contributed by atoms with Crippen molar-refractivity contribution >= 4 is 27.3 Å². The van der Waals surface area contributed by atoms with Crippen LogP contribution in [0.15, 0.2) is 40.2 Å². The Kier molecular flexibility index (Phi) is 3.79. The molecule has 1 heterocycles. The van der Waals surface area contributed by atoms with E-state index in [0.29, 0.717) is 0 Å². The number of thiophene rings is 1. The summed E-state index contributed by atoms with van der Waals surface area (Å²) in [6.07, 6.45) is 0.903. The first-order valence-electron chi connectivity index (χ1n) is 5.21. The molecule has 2 N–H and O–H groups in total. The average molecular weight is 296 g/mol. The van der Waals surface area contributed by atoms with E-state index in [9.17, 15) is 0 Å². The molecular weight excluding hydrogens is 282 g/mol. The fraction of sp³-hybridized carbons (Fsp3) is 0.231. The summed E-state index contributed by atoms with van der Waals surface area (Å²) in [6.45, 7) is 2.09. The molecule has 3 heteroatoms. The van der Waals surface area contributed by atoms with Crippen LogP contribution in [0, 0.1) is 6.92 Å². The van der Waals surface area contributed by atoms with Crippen molar-refractivity contribution in [3.8, 4) is 0 Å². The monoisotopic (exact) mass is 295 g/mol. The maximum absolute atomic E-state index is 6.23. The lowest BCUT2D eigenvalue weighted by Gasteiger charge is -2.13. The summed E-state index contributed by atoms with van der Waals surface area (Å²) in [5.74, 6) is 0. The van der Waals surface area contributed by atoms with Crippen molar-refractivity contribution in [1.29, 1.82) is 0 Å². The van der Waals surface area contributed by atoms with Crippen molar-refractivity contribution in [2.24, 2.45) is 5.73 Å². The van der Waals surface area contributed by atoms with Crippen LogP contribution in [-0.4, -0.2) is 0 Å². The first-order valence-corrected chi connectivity index (χ1v) is 6.88. The molecule has 0 amide bonds. The van der Waals surface area contributed by atoms with Gasteiger partial charge in [0.2, 0.25) is 0 Å². The highest BCUT2D eigenvalue weighted by Crippen LogP contribution is 2.26. The molecule has 0 aliphatic carbocycles. The van der Waals surface area contributed by atoms with Crippen molar-refractivity contribution in [2.75, 3.05) is 0 Å². The fourth-order valence-corrected chi connectivity index (χ4v) is 3.01. The molecule has 0 fully saturated rings. The Hall–Kier alpha value is -0.640. The molecule has 0 radical (unpaired) electrons. The molecule has 0 aliphatic heterocycles. The maximum atomic E-state index is 6.23. The van der Waals surface area contributed by atoms with E-state index < -0.39 is 0 Å². The zero-order valence-electron chi connectivity index (χ0n) is 9.11. The standard InChI is InChI=1S/C13H14BrNS/c1-9-4-5-12(14)11(7-9)13(15)8-10-3-2-6-16-10/h2-7,13H,8,15H2,1H3. The predicted octanol–water partition coefficient (Wildman–Crippen LogP) is 4.06. The minimum atomic E-state index is 0.0629. The van der Waals surface area contributed by atoms with Crippen LogP contribution in [0.3, 0.4) is 0 Å². The minimum absolute atomic E-state index is 0.0629. The number of hydrogen-bond acceptors (Lipinski definition) is 2. The number of aryl methyl sites for hydroxylation is 1. The molecule has 16 heavy (non-hydrogen) atoms.